The number of carbonyl (C=O) groups is 1. The molecule has 0 aliphatic carbocycles. The third-order valence-corrected chi connectivity index (χ3v) is 3.77. The smallest absolute Gasteiger partial charge is 0.248 e. The van der Waals surface area contributed by atoms with E-state index in [0.717, 1.165) is 23.9 Å². The summed E-state index contributed by atoms with van der Waals surface area (Å²) in [6.45, 7) is 3.63. The maximum Gasteiger partial charge on any atom is 0.248 e. The van der Waals surface area contributed by atoms with Gasteiger partial charge in [0.1, 0.15) is 0 Å². The lowest BCUT2D eigenvalue weighted by Gasteiger charge is -2.11. The lowest BCUT2D eigenvalue weighted by Crippen LogP contribution is -2.44. The first-order valence-electron chi connectivity index (χ1n) is 6.47. The van der Waals surface area contributed by atoms with Crippen LogP contribution >= 0.6 is 24.0 Å². The van der Waals surface area contributed by atoms with Gasteiger partial charge in [0, 0.05) is 12.2 Å². The Bertz CT molecular complexity index is 544. The molecular weight excluding hydrogens is 306 g/mol. The first-order valence-corrected chi connectivity index (χ1v) is 7.86. The molecule has 0 spiro atoms. The van der Waals surface area contributed by atoms with Gasteiger partial charge < -0.3 is 10.6 Å². The third kappa shape index (κ3) is 5.60. The van der Waals surface area contributed by atoms with E-state index < -0.39 is 0 Å². The summed E-state index contributed by atoms with van der Waals surface area (Å²) in [6, 6.07) is 7.81. The normalized spacial score (nSPS) is 13.1. The molecule has 0 aromatic heterocycles. The first-order chi connectivity index (χ1) is 10.1. The summed E-state index contributed by atoms with van der Waals surface area (Å²) >= 11 is 6.47. The van der Waals surface area contributed by atoms with Crippen molar-refractivity contribution in [2.24, 2.45) is 4.99 Å². The fraction of sp³-hybridized carbons (Fsp3) is 0.308. The van der Waals surface area contributed by atoms with Crippen molar-refractivity contribution in [1.29, 1.82) is 0 Å². The van der Waals surface area contributed by atoms with Gasteiger partial charge in [0.25, 0.3) is 0 Å². The van der Waals surface area contributed by atoms with Crippen molar-refractivity contribution in [2.45, 2.75) is 6.92 Å². The molecule has 1 aromatic carbocycles. The molecule has 1 aliphatic rings. The Morgan fingerprint density at radius 3 is 2.81 bits per heavy atom. The van der Waals surface area contributed by atoms with E-state index in [9.17, 15) is 4.79 Å². The Kier molecular flexibility index (Phi) is 5.82. The van der Waals surface area contributed by atoms with Crippen molar-refractivity contribution in [3.05, 3.63) is 29.8 Å². The van der Waals surface area contributed by atoms with Crippen LogP contribution in [-0.4, -0.2) is 35.0 Å². The number of hydrazine groups is 1. The van der Waals surface area contributed by atoms with Crippen LogP contribution in [0.4, 0.5) is 5.69 Å². The molecule has 1 heterocycles. The fourth-order valence-corrected chi connectivity index (χ4v) is 2.46. The zero-order chi connectivity index (χ0) is 15.1. The van der Waals surface area contributed by atoms with Gasteiger partial charge in [-0.05, 0) is 31.3 Å². The number of aryl methyl sites for hydroxylation is 1. The van der Waals surface area contributed by atoms with Gasteiger partial charge in [0.15, 0.2) is 10.3 Å². The molecule has 0 atom stereocenters. The zero-order valence-electron chi connectivity index (χ0n) is 11.6. The van der Waals surface area contributed by atoms with Crippen molar-refractivity contribution < 1.29 is 4.79 Å². The second kappa shape index (κ2) is 7.84. The molecule has 1 aromatic rings. The number of thioether (sulfide) groups is 1. The lowest BCUT2D eigenvalue weighted by molar-refractivity contribution is -0.119. The molecule has 4 N–H and O–H groups in total. The number of thiocarbonyl (C=S) groups is 1. The van der Waals surface area contributed by atoms with Crippen molar-refractivity contribution in [3.63, 3.8) is 0 Å². The Balaban J connectivity index is 1.65. The van der Waals surface area contributed by atoms with E-state index in [4.69, 9.17) is 12.2 Å². The zero-order valence-corrected chi connectivity index (χ0v) is 13.2. The first kappa shape index (κ1) is 15.6. The quantitative estimate of drug-likeness (QED) is 0.491. The van der Waals surface area contributed by atoms with Crippen LogP contribution in [0.15, 0.2) is 29.3 Å². The van der Waals surface area contributed by atoms with Crippen LogP contribution < -0.4 is 21.5 Å². The van der Waals surface area contributed by atoms with Gasteiger partial charge in [0.2, 0.25) is 5.91 Å². The SMILES string of the molecule is Cc1ccc(NC(=S)NNC(=O)CSC2=NCCN2)cc1. The average Bonchev–Trinajstić information content (AvgIpc) is 2.99. The van der Waals surface area contributed by atoms with Gasteiger partial charge in [0.05, 0.1) is 12.3 Å². The Morgan fingerprint density at radius 1 is 1.38 bits per heavy atom. The van der Waals surface area contributed by atoms with E-state index in [1.165, 1.54) is 17.3 Å². The van der Waals surface area contributed by atoms with E-state index in [1.807, 2.05) is 31.2 Å². The molecule has 0 saturated carbocycles. The van der Waals surface area contributed by atoms with E-state index in [1.54, 1.807) is 0 Å². The molecule has 112 valence electrons. The Hall–Kier alpha value is -1.80. The fourth-order valence-electron chi connectivity index (χ4n) is 1.57. The number of amidine groups is 1. The minimum atomic E-state index is -0.163. The van der Waals surface area contributed by atoms with Crippen LogP contribution in [0, 0.1) is 6.92 Å². The molecule has 0 bridgehead atoms. The average molecular weight is 323 g/mol. The number of aliphatic imine (C=N–C) groups is 1. The summed E-state index contributed by atoms with van der Waals surface area (Å²) in [4.78, 5) is 15.8. The van der Waals surface area contributed by atoms with Gasteiger partial charge in [-0.2, -0.15) is 0 Å². The van der Waals surface area contributed by atoms with Gasteiger partial charge >= 0.3 is 0 Å². The molecule has 8 heteroatoms. The van der Waals surface area contributed by atoms with Crippen molar-refractivity contribution >= 4 is 45.9 Å². The number of amides is 1. The number of hydrogen-bond donors (Lipinski definition) is 4. The molecule has 1 amide bonds. The molecule has 0 fully saturated rings. The van der Waals surface area contributed by atoms with E-state index in [0.29, 0.717) is 5.11 Å². The minimum absolute atomic E-state index is 0.163. The number of carbonyl (C=O) groups excluding carboxylic acids is 1. The second-order valence-electron chi connectivity index (χ2n) is 4.40. The molecule has 21 heavy (non-hydrogen) atoms. The summed E-state index contributed by atoms with van der Waals surface area (Å²) in [7, 11) is 0. The number of rotatable bonds is 3. The predicted molar refractivity (Wildman–Crippen MR) is 91.4 cm³/mol. The van der Waals surface area contributed by atoms with E-state index in [2.05, 4.69) is 26.5 Å². The number of nitrogens with zero attached hydrogens (tertiary/aromatic N) is 1. The molecule has 2 rings (SSSR count). The molecular formula is C13H17N5OS2. The molecule has 1 aliphatic heterocycles. The summed E-state index contributed by atoms with van der Waals surface area (Å²) in [5, 5.41) is 7.22. The van der Waals surface area contributed by atoms with E-state index >= 15 is 0 Å². The largest absolute Gasteiger partial charge is 0.363 e. The monoisotopic (exact) mass is 323 g/mol. The van der Waals surface area contributed by atoms with Crippen LogP contribution in [-0.2, 0) is 4.79 Å². The van der Waals surface area contributed by atoms with Crippen LogP contribution in [0.1, 0.15) is 5.56 Å². The highest BCUT2D eigenvalue weighted by Gasteiger charge is 2.09. The molecule has 0 unspecified atom stereocenters. The lowest BCUT2D eigenvalue weighted by atomic mass is 10.2. The molecule has 6 nitrogen and oxygen atoms in total. The maximum atomic E-state index is 11.6. The van der Waals surface area contributed by atoms with Gasteiger partial charge in [-0.15, -0.1) is 0 Å². The standard InChI is InChI=1S/C13H17N5OS2/c1-9-2-4-10(5-3-9)16-12(20)18-17-11(19)8-21-13-14-6-7-15-13/h2-5H,6-8H2,1H3,(H,14,15)(H,17,19)(H2,16,18,20). The summed E-state index contributed by atoms with van der Waals surface area (Å²) in [5.41, 5.74) is 7.25. The van der Waals surface area contributed by atoms with Crippen molar-refractivity contribution in [2.75, 3.05) is 24.2 Å². The van der Waals surface area contributed by atoms with Crippen LogP contribution in [0.25, 0.3) is 0 Å². The highest BCUT2D eigenvalue weighted by atomic mass is 32.2. The van der Waals surface area contributed by atoms with Gasteiger partial charge in [-0.3, -0.25) is 20.6 Å². The number of anilines is 1. The molecule has 0 saturated heterocycles. The van der Waals surface area contributed by atoms with Gasteiger partial charge in [-0.1, -0.05) is 29.5 Å². The Morgan fingerprint density at radius 2 is 2.14 bits per heavy atom. The third-order valence-electron chi connectivity index (χ3n) is 2.61. The van der Waals surface area contributed by atoms with E-state index in [-0.39, 0.29) is 11.7 Å². The number of benzene rings is 1. The van der Waals surface area contributed by atoms with Crippen LogP contribution in [0.5, 0.6) is 0 Å². The maximum absolute atomic E-state index is 11.6. The number of hydrogen-bond acceptors (Lipinski definition) is 5. The second-order valence-corrected chi connectivity index (χ2v) is 5.77. The predicted octanol–water partition coefficient (Wildman–Crippen LogP) is 1.01. The highest BCUT2D eigenvalue weighted by Crippen LogP contribution is 2.08. The topological polar surface area (TPSA) is 77.5 Å². The summed E-state index contributed by atoms with van der Waals surface area (Å²) in [6.07, 6.45) is 0. The van der Waals surface area contributed by atoms with Crippen LogP contribution in [0.2, 0.25) is 0 Å². The highest BCUT2D eigenvalue weighted by molar-refractivity contribution is 8.14. The minimum Gasteiger partial charge on any atom is -0.363 e. The van der Waals surface area contributed by atoms with Crippen molar-refractivity contribution in [3.8, 4) is 0 Å². The Labute approximate surface area is 133 Å². The molecule has 0 radical (unpaired) electrons. The van der Waals surface area contributed by atoms with Crippen LogP contribution in [0.3, 0.4) is 0 Å². The summed E-state index contributed by atoms with van der Waals surface area (Å²) < 4.78 is 0. The van der Waals surface area contributed by atoms with Gasteiger partial charge in [-0.25, -0.2) is 0 Å². The number of nitrogens with one attached hydrogen (secondary N) is 4. The summed E-state index contributed by atoms with van der Waals surface area (Å²) in [5.74, 6) is 0.121. The van der Waals surface area contributed by atoms with Crippen molar-refractivity contribution in [1.82, 2.24) is 16.2 Å².